The normalized spacial score (nSPS) is 14.4. The highest BCUT2D eigenvalue weighted by Crippen LogP contribution is 2.31. The van der Waals surface area contributed by atoms with Crippen molar-refractivity contribution in [2.45, 2.75) is 38.3 Å². The zero-order valence-corrected chi connectivity index (χ0v) is 15.1. The molecule has 7 heteroatoms. The largest absolute Gasteiger partial charge is 0.493 e. The van der Waals surface area contributed by atoms with Crippen LogP contribution in [0.2, 0.25) is 0 Å². The fraction of sp³-hybridized carbons (Fsp3) is 0.556. The minimum Gasteiger partial charge on any atom is -0.493 e. The maximum Gasteiger partial charge on any atom is 0.321 e. The quantitative estimate of drug-likeness (QED) is 0.786. The van der Waals surface area contributed by atoms with Crippen LogP contribution >= 0.6 is 0 Å². The molecule has 1 aliphatic rings. The van der Waals surface area contributed by atoms with Crippen LogP contribution in [0.3, 0.4) is 0 Å². The highest BCUT2D eigenvalue weighted by molar-refractivity contribution is 5.95. The molecular weight excluding hydrogens is 322 g/mol. The van der Waals surface area contributed by atoms with Crippen molar-refractivity contribution >= 4 is 11.9 Å². The van der Waals surface area contributed by atoms with Gasteiger partial charge in [0.2, 0.25) is 5.91 Å². The van der Waals surface area contributed by atoms with Gasteiger partial charge >= 0.3 is 6.03 Å². The summed E-state index contributed by atoms with van der Waals surface area (Å²) in [6, 6.07) is 5.39. The molecule has 0 heterocycles. The number of carbonyl (C=O) groups excluding carboxylic acids is 2. The molecule has 0 radical (unpaired) electrons. The second kappa shape index (κ2) is 9.27. The Kier molecular flexibility index (Phi) is 7.06. The van der Waals surface area contributed by atoms with Crippen molar-refractivity contribution in [2.75, 3.05) is 27.8 Å². The second-order valence-corrected chi connectivity index (χ2v) is 6.33. The second-order valence-electron chi connectivity index (χ2n) is 6.33. The predicted octanol–water partition coefficient (Wildman–Crippen LogP) is 1.90. The molecule has 2 rings (SSSR count). The number of methoxy groups -OCH3 is 2. The number of rotatable bonds is 7. The molecule has 0 unspecified atom stereocenters. The summed E-state index contributed by atoms with van der Waals surface area (Å²) in [6.45, 7) is 0.608. The van der Waals surface area contributed by atoms with Gasteiger partial charge in [0.25, 0.3) is 0 Å². The molecule has 0 atom stereocenters. The molecule has 1 aliphatic carbocycles. The van der Waals surface area contributed by atoms with Crippen molar-refractivity contribution in [1.29, 1.82) is 0 Å². The Morgan fingerprint density at radius 2 is 1.92 bits per heavy atom. The first-order valence-electron chi connectivity index (χ1n) is 8.52. The molecule has 138 valence electrons. The molecule has 0 bridgehead atoms. The molecule has 0 spiro atoms. The van der Waals surface area contributed by atoms with E-state index in [9.17, 15) is 9.59 Å². The zero-order valence-electron chi connectivity index (χ0n) is 15.1. The minimum atomic E-state index is -0.413. The third-order valence-corrected chi connectivity index (χ3v) is 4.28. The van der Waals surface area contributed by atoms with Gasteiger partial charge in [0.1, 0.15) is 0 Å². The van der Waals surface area contributed by atoms with E-state index in [1.165, 1.54) is 0 Å². The molecule has 1 fully saturated rings. The topological polar surface area (TPSA) is 79.9 Å². The molecular formula is C18H27N3O4. The van der Waals surface area contributed by atoms with E-state index in [2.05, 4.69) is 10.6 Å². The number of hydrogen-bond acceptors (Lipinski definition) is 5. The number of carbonyl (C=O) groups is 2. The lowest BCUT2D eigenvalue weighted by Crippen LogP contribution is -2.46. The van der Waals surface area contributed by atoms with Crippen LogP contribution in [0, 0.1) is 0 Å². The summed E-state index contributed by atoms with van der Waals surface area (Å²) in [5.41, 5.74) is 0.910. The van der Waals surface area contributed by atoms with Crippen LogP contribution in [0.5, 0.6) is 11.5 Å². The van der Waals surface area contributed by atoms with Gasteiger partial charge in [0.15, 0.2) is 11.5 Å². The molecule has 1 saturated carbocycles. The average molecular weight is 349 g/mol. The third kappa shape index (κ3) is 5.63. The summed E-state index contributed by atoms with van der Waals surface area (Å²) in [6.07, 6.45) is 4.22. The Labute approximate surface area is 148 Å². The van der Waals surface area contributed by atoms with Gasteiger partial charge in [0, 0.05) is 18.2 Å². The molecule has 25 heavy (non-hydrogen) atoms. The summed E-state index contributed by atoms with van der Waals surface area (Å²) in [5.74, 6) is 0.963. The number of hydrogen-bond donors (Lipinski definition) is 2. The summed E-state index contributed by atoms with van der Waals surface area (Å²) < 4.78 is 10.7. The number of amides is 3. The van der Waals surface area contributed by atoms with Gasteiger partial charge in [-0.05, 0) is 26.0 Å². The first kappa shape index (κ1) is 19.1. The van der Waals surface area contributed by atoms with Crippen LogP contribution in [0.4, 0.5) is 4.79 Å². The van der Waals surface area contributed by atoms with Crippen LogP contribution < -0.4 is 20.1 Å². The van der Waals surface area contributed by atoms with Crippen molar-refractivity contribution in [2.24, 2.45) is 0 Å². The van der Waals surface area contributed by atoms with Crippen molar-refractivity contribution < 1.29 is 19.1 Å². The van der Waals surface area contributed by atoms with E-state index in [1.54, 1.807) is 14.2 Å². The minimum absolute atomic E-state index is 0.110. The lowest BCUT2D eigenvalue weighted by molar-refractivity contribution is -0.121. The van der Waals surface area contributed by atoms with Crippen LogP contribution in [-0.4, -0.2) is 50.7 Å². The van der Waals surface area contributed by atoms with Crippen molar-refractivity contribution in [3.63, 3.8) is 0 Å². The molecule has 1 aromatic rings. The summed E-state index contributed by atoms with van der Waals surface area (Å²) in [7, 11) is 4.98. The predicted molar refractivity (Wildman–Crippen MR) is 94.8 cm³/mol. The van der Waals surface area contributed by atoms with Gasteiger partial charge < -0.3 is 14.8 Å². The molecule has 0 saturated heterocycles. The van der Waals surface area contributed by atoms with Crippen LogP contribution in [0.15, 0.2) is 18.2 Å². The van der Waals surface area contributed by atoms with E-state index < -0.39 is 6.03 Å². The van der Waals surface area contributed by atoms with E-state index in [0.29, 0.717) is 18.0 Å². The zero-order chi connectivity index (χ0) is 18.2. The van der Waals surface area contributed by atoms with Gasteiger partial charge in [-0.25, -0.2) is 4.79 Å². The van der Waals surface area contributed by atoms with Gasteiger partial charge in [0.05, 0.1) is 20.8 Å². The van der Waals surface area contributed by atoms with Gasteiger partial charge in [-0.15, -0.1) is 0 Å². The lowest BCUT2D eigenvalue weighted by atomic mass is 10.1. The number of urea groups is 1. The number of nitrogens with one attached hydrogen (secondary N) is 2. The van der Waals surface area contributed by atoms with Crippen LogP contribution in [0.25, 0.3) is 0 Å². The Morgan fingerprint density at radius 1 is 1.20 bits per heavy atom. The molecule has 7 nitrogen and oxygen atoms in total. The molecule has 3 amide bonds. The van der Waals surface area contributed by atoms with Gasteiger partial charge in [-0.3, -0.25) is 15.0 Å². The lowest BCUT2D eigenvalue weighted by Gasteiger charge is -2.19. The Bertz CT molecular complexity index is 600. The van der Waals surface area contributed by atoms with E-state index >= 15 is 0 Å². The summed E-state index contributed by atoms with van der Waals surface area (Å²) in [4.78, 5) is 25.7. The number of likely N-dealkylation sites (N-methyl/N-ethyl adjacent to an activating group) is 1. The summed E-state index contributed by atoms with van der Waals surface area (Å²) >= 11 is 0. The highest BCUT2D eigenvalue weighted by Gasteiger charge is 2.19. The van der Waals surface area contributed by atoms with E-state index in [0.717, 1.165) is 31.2 Å². The highest BCUT2D eigenvalue weighted by atomic mass is 16.5. The number of para-hydroxylation sites is 1. The maximum absolute atomic E-state index is 12.0. The van der Waals surface area contributed by atoms with Gasteiger partial charge in [-0.1, -0.05) is 25.0 Å². The standard InChI is InChI=1S/C18H27N3O4/c1-21(11-13-7-6-10-15(24-2)17(13)25-3)12-16(22)20-18(23)19-14-8-4-5-9-14/h6-7,10,14H,4-5,8-9,11-12H2,1-3H3,(H2,19,20,22,23). The fourth-order valence-corrected chi connectivity index (χ4v) is 3.13. The Balaban J connectivity index is 1.84. The van der Waals surface area contributed by atoms with Crippen molar-refractivity contribution in [1.82, 2.24) is 15.5 Å². The first-order chi connectivity index (χ1) is 12.0. The number of nitrogens with zero attached hydrogens (tertiary/aromatic N) is 1. The third-order valence-electron chi connectivity index (χ3n) is 4.28. The molecule has 1 aromatic carbocycles. The van der Waals surface area contributed by atoms with Crippen molar-refractivity contribution in [3.8, 4) is 11.5 Å². The maximum atomic E-state index is 12.0. The van der Waals surface area contributed by atoms with Crippen LogP contribution in [0.1, 0.15) is 31.2 Å². The first-order valence-corrected chi connectivity index (χ1v) is 8.52. The fourth-order valence-electron chi connectivity index (χ4n) is 3.13. The average Bonchev–Trinajstić information content (AvgIpc) is 3.06. The smallest absolute Gasteiger partial charge is 0.321 e. The monoisotopic (exact) mass is 349 g/mol. The van der Waals surface area contributed by atoms with Gasteiger partial charge in [-0.2, -0.15) is 0 Å². The summed E-state index contributed by atoms with van der Waals surface area (Å²) in [5, 5.41) is 5.23. The molecule has 0 aromatic heterocycles. The number of imide groups is 1. The number of ether oxygens (including phenoxy) is 2. The molecule has 0 aliphatic heterocycles. The Morgan fingerprint density at radius 3 is 2.56 bits per heavy atom. The van der Waals surface area contributed by atoms with Crippen molar-refractivity contribution in [3.05, 3.63) is 23.8 Å². The van der Waals surface area contributed by atoms with E-state index in [1.807, 2.05) is 30.1 Å². The van der Waals surface area contributed by atoms with E-state index in [-0.39, 0.29) is 18.5 Å². The Hall–Kier alpha value is -2.28. The SMILES string of the molecule is COc1cccc(CN(C)CC(=O)NC(=O)NC2CCCC2)c1OC. The molecule has 2 N–H and O–H groups in total. The number of benzene rings is 1. The van der Waals surface area contributed by atoms with E-state index in [4.69, 9.17) is 9.47 Å². The van der Waals surface area contributed by atoms with Crippen LogP contribution in [-0.2, 0) is 11.3 Å².